The Morgan fingerprint density at radius 1 is 1.50 bits per heavy atom. The SMILES string of the molecule is CCN1CC(C(=O)OC)C(c2cccc(C(=N)N)c2)C1. The van der Waals surface area contributed by atoms with Gasteiger partial charge < -0.3 is 15.4 Å². The zero-order valence-electron chi connectivity index (χ0n) is 11.9. The van der Waals surface area contributed by atoms with Gasteiger partial charge in [0.05, 0.1) is 13.0 Å². The van der Waals surface area contributed by atoms with Crippen LogP contribution in [0.4, 0.5) is 0 Å². The van der Waals surface area contributed by atoms with E-state index < -0.39 is 0 Å². The maximum absolute atomic E-state index is 12.0. The Kier molecular flexibility index (Phi) is 4.39. The highest BCUT2D eigenvalue weighted by molar-refractivity contribution is 5.95. The molecule has 1 aliphatic rings. The number of nitrogens with one attached hydrogen (secondary N) is 1. The quantitative estimate of drug-likeness (QED) is 0.491. The monoisotopic (exact) mass is 275 g/mol. The van der Waals surface area contributed by atoms with Gasteiger partial charge in [0.25, 0.3) is 0 Å². The second-order valence-corrected chi connectivity index (χ2v) is 5.13. The lowest BCUT2D eigenvalue weighted by Gasteiger charge is -2.17. The maximum Gasteiger partial charge on any atom is 0.310 e. The summed E-state index contributed by atoms with van der Waals surface area (Å²) in [6.07, 6.45) is 0. The fraction of sp³-hybridized carbons (Fsp3) is 0.467. The van der Waals surface area contributed by atoms with Gasteiger partial charge in [-0.1, -0.05) is 25.1 Å². The van der Waals surface area contributed by atoms with Crippen molar-refractivity contribution in [3.63, 3.8) is 0 Å². The van der Waals surface area contributed by atoms with Gasteiger partial charge in [0.1, 0.15) is 5.84 Å². The summed E-state index contributed by atoms with van der Waals surface area (Å²) in [5.41, 5.74) is 7.28. The minimum Gasteiger partial charge on any atom is -0.469 e. The van der Waals surface area contributed by atoms with Crippen LogP contribution in [0.5, 0.6) is 0 Å². The zero-order valence-corrected chi connectivity index (χ0v) is 11.9. The lowest BCUT2D eigenvalue weighted by molar-refractivity contribution is -0.145. The maximum atomic E-state index is 12.0. The number of carbonyl (C=O) groups is 1. The van der Waals surface area contributed by atoms with Crippen LogP contribution in [0.3, 0.4) is 0 Å². The number of amidine groups is 1. The molecule has 20 heavy (non-hydrogen) atoms. The van der Waals surface area contributed by atoms with Gasteiger partial charge in [-0.25, -0.2) is 0 Å². The number of benzene rings is 1. The van der Waals surface area contributed by atoms with Gasteiger partial charge in [0.2, 0.25) is 0 Å². The molecule has 1 saturated heterocycles. The Morgan fingerprint density at radius 3 is 2.85 bits per heavy atom. The van der Waals surface area contributed by atoms with Gasteiger partial charge in [-0.15, -0.1) is 0 Å². The van der Waals surface area contributed by atoms with Crippen molar-refractivity contribution in [3.05, 3.63) is 35.4 Å². The molecular weight excluding hydrogens is 254 g/mol. The van der Waals surface area contributed by atoms with Crippen LogP contribution in [0, 0.1) is 11.3 Å². The van der Waals surface area contributed by atoms with Crippen molar-refractivity contribution < 1.29 is 9.53 Å². The number of hydrogen-bond acceptors (Lipinski definition) is 4. The fourth-order valence-electron chi connectivity index (χ4n) is 2.81. The van der Waals surface area contributed by atoms with Gasteiger partial charge in [-0.2, -0.15) is 0 Å². The molecule has 1 aromatic carbocycles. The van der Waals surface area contributed by atoms with E-state index in [4.69, 9.17) is 15.9 Å². The number of ether oxygens (including phenoxy) is 1. The van der Waals surface area contributed by atoms with Crippen LogP contribution in [-0.4, -0.2) is 43.4 Å². The molecule has 0 bridgehead atoms. The summed E-state index contributed by atoms with van der Waals surface area (Å²) in [6.45, 7) is 4.55. The normalized spacial score (nSPS) is 22.7. The molecule has 2 rings (SSSR count). The summed E-state index contributed by atoms with van der Waals surface area (Å²) in [5.74, 6) is -0.171. The van der Waals surface area contributed by atoms with Crippen molar-refractivity contribution in [3.8, 4) is 0 Å². The van der Waals surface area contributed by atoms with Crippen LogP contribution in [0.1, 0.15) is 24.0 Å². The van der Waals surface area contributed by atoms with E-state index >= 15 is 0 Å². The molecule has 1 aliphatic heterocycles. The van der Waals surface area contributed by atoms with Crippen LogP contribution in [0.2, 0.25) is 0 Å². The van der Waals surface area contributed by atoms with Gasteiger partial charge >= 0.3 is 5.97 Å². The minimum absolute atomic E-state index is 0.0480. The molecular formula is C15H21N3O2. The largest absolute Gasteiger partial charge is 0.469 e. The minimum atomic E-state index is -0.167. The molecule has 1 aromatic rings. The molecule has 2 atom stereocenters. The molecule has 1 heterocycles. The first-order valence-corrected chi connectivity index (χ1v) is 6.81. The molecule has 0 radical (unpaired) electrons. The summed E-state index contributed by atoms with van der Waals surface area (Å²) in [5, 5.41) is 7.53. The summed E-state index contributed by atoms with van der Waals surface area (Å²) in [6, 6.07) is 7.59. The molecule has 0 saturated carbocycles. The highest BCUT2D eigenvalue weighted by Crippen LogP contribution is 2.33. The molecule has 0 aromatic heterocycles. The van der Waals surface area contributed by atoms with Crippen LogP contribution < -0.4 is 5.73 Å². The van der Waals surface area contributed by atoms with Gasteiger partial charge in [-0.05, 0) is 18.2 Å². The lowest BCUT2D eigenvalue weighted by Crippen LogP contribution is -2.24. The number of nitrogens with zero attached hydrogens (tertiary/aromatic N) is 1. The molecule has 3 N–H and O–H groups in total. The van der Waals surface area contributed by atoms with Crippen molar-refractivity contribution in [2.45, 2.75) is 12.8 Å². The first kappa shape index (κ1) is 14.5. The number of carbonyl (C=O) groups excluding carboxylic acids is 1. The van der Waals surface area contributed by atoms with E-state index in [0.29, 0.717) is 5.56 Å². The van der Waals surface area contributed by atoms with E-state index in [1.807, 2.05) is 24.3 Å². The van der Waals surface area contributed by atoms with E-state index in [1.54, 1.807) is 0 Å². The number of likely N-dealkylation sites (N-methyl/N-ethyl adjacent to an activating group) is 1. The predicted molar refractivity (Wildman–Crippen MR) is 77.8 cm³/mol. The number of hydrogen-bond donors (Lipinski definition) is 2. The third kappa shape index (κ3) is 2.82. The Bertz CT molecular complexity index is 516. The molecule has 0 amide bonds. The highest BCUT2D eigenvalue weighted by atomic mass is 16.5. The van der Waals surface area contributed by atoms with Gasteiger partial charge in [0, 0.05) is 24.6 Å². The van der Waals surface area contributed by atoms with Crippen LogP contribution in [-0.2, 0) is 9.53 Å². The standard InChI is InChI=1S/C15H21N3O2/c1-3-18-8-12(13(9-18)15(19)20-2)10-5-4-6-11(7-10)14(16)17/h4-7,12-13H,3,8-9H2,1-2H3,(H3,16,17). The number of likely N-dealkylation sites (tertiary alicyclic amines) is 1. The molecule has 0 aliphatic carbocycles. The molecule has 5 heteroatoms. The van der Waals surface area contributed by atoms with E-state index in [0.717, 1.165) is 25.2 Å². The van der Waals surface area contributed by atoms with E-state index in [9.17, 15) is 4.79 Å². The van der Waals surface area contributed by atoms with Crippen LogP contribution in [0.25, 0.3) is 0 Å². The summed E-state index contributed by atoms with van der Waals surface area (Å²) < 4.78 is 4.92. The Morgan fingerprint density at radius 2 is 2.25 bits per heavy atom. The fourth-order valence-corrected chi connectivity index (χ4v) is 2.81. The number of nitrogens with two attached hydrogens (primary N) is 1. The van der Waals surface area contributed by atoms with E-state index in [2.05, 4.69) is 11.8 Å². The molecule has 0 spiro atoms. The van der Waals surface area contributed by atoms with Crippen molar-refractivity contribution in [1.29, 1.82) is 5.41 Å². The van der Waals surface area contributed by atoms with Gasteiger partial charge in [-0.3, -0.25) is 10.2 Å². The third-order valence-electron chi connectivity index (χ3n) is 3.97. The zero-order chi connectivity index (χ0) is 14.7. The predicted octanol–water partition coefficient (Wildman–Crippen LogP) is 1.18. The second-order valence-electron chi connectivity index (χ2n) is 5.13. The topological polar surface area (TPSA) is 79.4 Å². The number of methoxy groups -OCH3 is 1. The Hall–Kier alpha value is -1.88. The smallest absolute Gasteiger partial charge is 0.310 e. The number of esters is 1. The first-order chi connectivity index (χ1) is 9.56. The van der Waals surface area contributed by atoms with Crippen LogP contribution >= 0.6 is 0 Å². The Labute approximate surface area is 119 Å². The summed E-state index contributed by atoms with van der Waals surface area (Å²) in [7, 11) is 1.43. The Balaban J connectivity index is 2.30. The first-order valence-electron chi connectivity index (χ1n) is 6.81. The van der Waals surface area contributed by atoms with Crippen LogP contribution in [0.15, 0.2) is 24.3 Å². The molecule has 5 nitrogen and oxygen atoms in total. The number of nitrogen functional groups attached to an aromatic ring is 1. The average Bonchev–Trinajstić information content (AvgIpc) is 2.90. The highest BCUT2D eigenvalue weighted by Gasteiger charge is 2.38. The van der Waals surface area contributed by atoms with Crippen molar-refractivity contribution in [2.75, 3.05) is 26.7 Å². The van der Waals surface area contributed by atoms with Crippen molar-refractivity contribution >= 4 is 11.8 Å². The van der Waals surface area contributed by atoms with E-state index in [-0.39, 0.29) is 23.6 Å². The molecule has 2 unspecified atom stereocenters. The molecule has 108 valence electrons. The van der Waals surface area contributed by atoms with Gasteiger partial charge in [0.15, 0.2) is 0 Å². The summed E-state index contributed by atoms with van der Waals surface area (Å²) in [4.78, 5) is 14.2. The molecule has 1 fully saturated rings. The van der Waals surface area contributed by atoms with Crippen molar-refractivity contribution in [2.24, 2.45) is 11.7 Å². The number of rotatable bonds is 4. The average molecular weight is 275 g/mol. The third-order valence-corrected chi connectivity index (χ3v) is 3.97. The van der Waals surface area contributed by atoms with Crippen molar-refractivity contribution in [1.82, 2.24) is 4.90 Å². The summed E-state index contributed by atoms with van der Waals surface area (Å²) >= 11 is 0. The lowest BCUT2D eigenvalue weighted by atomic mass is 9.88. The second kappa shape index (κ2) is 6.05. The van der Waals surface area contributed by atoms with E-state index in [1.165, 1.54) is 7.11 Å².